The first kappa shape index (κ1) is 16.6. The van der Waals surface area contributed by atoms with E-state index in [0.29, 0.717) is 0 Å². The molecular weight excluding hydrogens is 303 g/mol. The van der Waals surface area contributed by atoms with Crippen molar-refractivity contribution >= 4 is 24.3 Å². The molecule has 1 aliphatic heterocycles. The van der Waals surface area contributed by atoms with Crippen molar-refractivity contribution in [2.45, 2.75) is 43.8 Å². The van der Waals surface area contributed by atoms with E-state index in [0.717, 1.165) is 5.46 Å². The molecule has 0 spiro atoms. The van der Waals surface area contributed by atoms with Gasteiger partial charge in [-0.1, -0.05) is 36.4 Å². The summed E-state index contributed by atoms with van der Waals surface area (Å²) in [5.41, 5.74) is 2.79. The monoisotopic (exact) mass is 326 g/mol. The summed E-state index contributed by atoms with van der Waals surface area (Å²) < 4.78 is 12.5. The van der Waals surface area contributed by atoms with Crippen molar-refractivity contribution in [3.63, 3.8) is 0 Å². The number of rotatable bonds is 3. The highest BCUT2D eigenvalue weighted by atomic mass is 32.2. The van der Waals surface area contributed by atoms with Gasteiger partial charge in [-0.15, -0.1) is 11.8 Å². The predicted molar refractivity (Wildman–Crippen MR) is 99.4 cm³/mol. The van der Waals surface area contributed by atoms with Gasteiger partial charge in [0.15, 0.2) is 0 Å². The first-order valence-corrected chi connectivity index (χ1v) is 9.15. The van der Waals surface area contributed by atoms with Crippen LogP contribution in [0.4, 0.5) is 0 Å². The van der Waals surface area contributed by atoms with Crippen molar-refractivity contribution in [3.8, 4) is 11.1 Å². The van der Waals surface area contributed by atoms with Gasteiger partial charge in [0, 0.05) is 4.90 Å². The van der Waals surface area contributed by atoms with Crippen LogP contribution < -0.4 is 5.46 Å². The predicted octanol–water partition coefficient (Wildman–Crippen LogP) is 4.37. The molecule has 4 heteroatoms. The lowest BCUT2D eigenvalue weighted by atomic mass is 9.74. The summed E-state index contributed by atoms with van der Waals surface area (Å²) in [6.45, 7) is 8.34. The summed E-state index contributed by atoms with van der Waals surface area (Å²) >= 11 is 1.75. The molecule has 0 aliphatic carbocycles. The summed E-state index contributed by atoms with van der Waals surface area (Å²) in [6.07, 6.45) is 2.09. The van der Waals surface area contributed by atoms with Crippen molar-refractivity contribution in [1.82, 2.24) is 0 Å². The lowest BCUT2D eigenvalue weighted by Gasteiger charge is -2.32. The first-order valence-electron chi connectivity index (χ1n) is 7.93. The molecular formula is C19H23BO2S. The second kappa shape index (κ2) is 6.01. The van der Waals surface area contributed by atoms with Crippen molar-refractivity contribution < 1.29 is 9.31 Å². The molecule has 2 nitrogen and oxygen atoms in total. The SMILES string of the molecule is CSc1ccc(-c2ccccc2B2OC(C)(C)C(C)(C)O2)cc1. The molecule has 2 aromatic rings. The molecule has 120 valence electrons. The van der Waals surface area contributed by atoms with Crippen LogP contribution in [-0.4, -0.2) is 24.6 Å². The fourth-order valence-corrected chi connectivity index (χ4v) is 3.11. The van der Waals surface area contributed by atoms with Gasteiger partial charge >= 0.3 is 7.12 Å². The summed E-state index contributed by atoms with van der Waals surface area (Å²) in [7, 11) is -0.337. The minimum Gasteiger partial charge on any atom is -0.399 e. The summed E-state index contributed by atoms with van der Waals surface area (Å²) in [5.74, 6) is 0. The third-order valence-electron chi connectivity index (χ3n) is 4.87. The molecule has 3 rings (SSSR count). The molecule has 1 saturated heterocycles. The number of hydrogen-bond donors (Lipinski definition) is 0. The van der Waals surface area contributed by atoms with Crippen LogP contribution in [0.1, 0.15) is 27.7 Å². The largest absolute Gasteiger partial charge is 0.495 e. The highest BCUT2D eigenvalue weighted by Crippen LogP contribution is 2.37. The molecule has 0 saturated carbocycles. The molecule has 0 bridgehead atoms. The second-order valence-electron chi connectivity index (χ2n) is 6.90. The van der Waals surface area contributed by atoms with E-state index in [-0.39, 0.29) is 18.3 Å². The molecule has 0 aromatic heterocycles. The van der Waals surface area contributed by atoms with E-state index in [1.165, 1.54) is 16.0 Å². The van der Waals surface area contributed by atoms with Crippen LogP contribution in [0.3, 0.4) is 0 Å². The highest BCUT2D eigenvalue weighted by molar-refractivity contribution is 7.98. The smallest absolute Gasteiger partial charge is 0.399 e. The Morgan fingerprint density at radius 2 is 1.39 bits per heavy atom. The third-order valence-corrected chi connectivity index (χ3v) is 5.61. The lowest BCUT2D eigenvalue weighted by molar-refractivity contribution is 0.00578. The van der Waals surface area contributed by atoms with Crippen LogP contribution in [0.25, 0.3) is 11.1 Å². The van der Waals surface area contributed by atoms with Crippen LogP contribution in [0.5, 0.6) is 0 Å². The maximum atomic E-state index is 6.23. The number of benzene rings is 2. The summed E-state index contributed by atoms with van der Waals surface area (Å²) in [4.78, 5) is 1.27. The standard InChI is InChI=1S/C19H23BO2S/c1-18(2)19(3,4)22-20(21-18)17-9-7-6-8-16(17)14-10-12-15(23-5)13-11-14/h6-13H,1-5H3. The molecule has 0 unspecified atom stereocenters. The summed E-state index contributed by atoms with van der Waals surface area (Å²) in [6, 6.07) is 17.0. The van der Waals surface area contributed by atoms with Crippen molar-refractivity contribution in [2.24, 2.45) is 0 Å². The van der Waals surface area contributed by atoms with E-state index < -0.39 is 0 Å². The normalized spacial score (nSPS) is 19.1. The zero-order valence-corrected chi connectivity index (χ0v) is 15.2. The van der Waals surface area contributed by atoms with E-state index in [2.05, 4.69) is 76.4 Å². The van der Waals surface area contributed by atoms with Gasteiger partial charge in [-0.05, 0) is 62.7 Å². The number of thioether (sulfide) groups is 1. The first-order chi connectivity index (χ1) is 10.8. The van der Waals surface area contributed by atoms with Gasteiger partial charge in [0.2, 0.25) is 0 Å². The van der Waals surface area contributed by atoms with Crippen LogP contribution in [0, 0.1) is 0 Å². The molecule has 0 N–H and O–H groups in total. The van der Waals surface area contributed by atoms with Crippen molar-refractivity contribution in [2.75, 3.05) is 6.26 Å². The zero-order chi connectivity index (χ0) is 16.7. The van der Waals surface area contributed by atoms with Gasteiger partial charge in [-0.25, -0.2) is 0 Å². The Labute approximate surface area is 143 Å². The van der Waals surface area contributed by atoms with E-state index in [1.54, 1.807) is 11.8 Å². The Morgan fingerprint density at radius 3 is 1.96 bits per heavy atom. The molecule has 2 aromatic carbocycles. The molecule has 0 atom stereocenters. The minimum absolute atomic E-state index is 0.326. The van der Waals surface area contributed by atoms with Crippen LogP contribution in [-0.2, 0) is 9.31 Å². The van der Waals surface area contributed by atoms with Crippen LogP contribution >= 0.6 is 11.8 Å². The maximum Gasteiger partial charge on any atom is 0.495 e. The van der Waals surface area contributed by atoms with Gasteiger partial charge in [0.1, 0.15) is 0 Å². The third kappa shape index (κ3) is 3.08. The Hall–Kier alpha value is -1.23. The van der Waals surface area contributed by atoms with Gasteiger partial charge < -0.3 is 9.31 Å². The Balaban J connectivity index is 1.99. The molecule has 0 radical (unpaired) electrons. The fraction of sp³-hybridized carbons (Fsp3) is 0.368. The van der Waals surface area contributed by atoms with Gasteiger partial charge in [0.25, 0.3) is 0 Å². The highest BCUT2D eigenvalue weighted by Gasteiger charge is 2.52. The zero-order valence-electron chi connectivity index (χ0n) is 14.4. The van der Waals surface area contributed by atoms with Crippen LogP contribution in [0.15, 0.2) is 53.4 Å². The average molecular weight is 326 g/mol. The van der Waals surface area contributed by atoms with E-state index >= 15 is 0 Å². The Kier molecular flexibility index (Phi) is 4.34. The lowest BCUT2D eigenvalue weighted by Crippen LogP contribution is -2.41. The van der Waals surface area contributed by atoms with E-state index in [4.69, 9.17) is 9.31 Å². The van der Waals surface area contributed by atoms with Gasteiger partial charge in [-0.3, -0.25) is 0 Å². The molecule has 1 heterocycles. The van der Waals surface area contributed by atoms with E-state index in [9.17, 15) is 0 Å². The molecule has 23 heavy (non-hydrogen) atoms. The average Bonchev–Trinajstić information content (AvgIpc) is 2.75. The molecule has 0 amide bonds. The quantitative estimate of drug-likeness (QED) is 0.616. The van der Waals surface area contributed by atoms with Gasteiger partial charge in [0.05, 0.1) is 11.2 Å². The minimum atomic E-state index is -0.337. The molecule has 1 fully saturated rings. The second-order valence-corrected chi connectivity index (χ2v) is 7.78. The Bertz CT molecular complexity index is 679. The van der Waals surface area contributed by atoms with Crippen molar-refractivity contribution in [1.29, 1.82) is 0 Å². The number of hydrogen-bond acceptors (Lipinski definition) is 3. The van der Waals surface area contributed by atoms with Crippen LogP contribution in [0.2, 0.25) is 0 Å². The molecule has 1 aliphatic rings. The summed E-state index contributed by atoms with van der Waals surface area (Å²) in [5, 5.41) is 0. The Morgan fingerprint density at radius 1 is 0.826 bits per heavy atom. The maximum absolute atomic E-state index is 6.23. The topological polar surface area (TPSA) is 18.5 Å². The van der Waals surface area contributed by atoms with E-state index in [1.807, 2.05) is 6.07 Å². The van der Waals surface area contributed by atoms with Gasteiger partial charge in [-0.2, -0.15) is 0 Å². The van der Waals surface area contributed by atoms with Crippen molar-refractivity contribution in [3.05, 3.63) is 48.5 Å². The fourth-order valence-electron chi connectivity index (χ4n) is 2.71.